The monoisotopic (exact) mass is 351 g/mol. The molecule has 0 spiro atoms. The van der Waals surface area contributed by atoms with Gasteiger partial charge in [0.25, 0.3) is 0 Å². The molecule has 0 atom stereocenters. The second-order valence-electron chi connectivity index (χ2n) is 6.36. The highest BCUT2D eigenvalue weighted by Crippen LogP contribution is 2.32. The summed E-state index contributed by atoms with van der Waals surface area (Å²) in [6.45, 7) is 1.81. The van der Waals surface area contributed by atoms with Crippen molar-refractivity contribution in [2.45, 2.75) is 0 Å². The molecular weight excluding hydrogens is 326 g/mol. The summed E-state index contributed by atoms with van der Waals surface area (Å²) < 4.78 is 5.40. The fourth-order valence-electron chi connectivity index (χ4n) is 2.81. The Hall–Kier alpha value is -2.86. The number of benzene rings is 2. The van der Waals surface area contributed by atoms with Gasteiger partial charge in [-0.05, 0) is 49.8 Å². The molecule has 0 radical (unpaired) electrons. The van der Waals surface area contributed by atoms with E-state index in [0.717, 1.165) is 46.6 Å². The molecule has 0 bridgehead atoms. The first-order chi connectivity index (χ1) is 12.6. The van der Waals surface area contributed by atoms with Gasteiger partial charge in [0, 0.05) is 43.0 Å². The van der Waals surface area contributed by atoms with Crippen molar-refractivity contribution in [3.05, 3.63) is 42.6 Å². The molecule has 0 saturated carbocycles. The zero-order valence-corrected chi connectivity index (χ0v) is 15.7. The molecule has 0 fully saturated rings. The van der Waals surface area contributed by atoms with E-state index in [0.29, 0.717) is 5.95 Å². The van der Waals surface area contributed by atoms with Crippen LogP contribution in [-0.4, -0.2) is 56.2 Å². The summed E-state index contributed by atoms with van der Waals surface area (Å²) in [5, 5.41) is 8.82. The molecule has 0 saturated heterocycles. The molecule has 2 N–H and O–H groups in total. The third-order valence-corrected chi connectivity index (χ3v) is 4.21. The number of anilines is 2. The molecule has 1 aromatic heterocycles. The second-order valence-corrected chi connectivity index (χ2v) is 6.36. The molecule has 0 aliphatic rings. The molecular formula is C20H25N5O. The van der Waals surface area contributed by atoms with Crippen LogP contribution < -0.4 is 15.4 Å². The second kappa shape index (κ2) is 8.01. The van der Waals surface area contributed by atoms with Crippen LogP contribution in [0, 0.1) is 0 Å². The smallest absolute Gasteiger partial charge is 0.222 e. The number of likely N-dealkylation sites (N-methyl/N-ethyl adjacent to an activating group) is 1. The topological polar surface area (TPSA) is 62.3 Å². The molecule has 1 heterocycles. The van der Waals surface area contributed by atoms with Crippen LogP contribution in [0.5, 0.6) is 5.75 Å². The fourth-order valence-corrected chi connectivity index (χ4v) is 2.81. The molecule has 0 amide bonds. The van der Waals surface area contributed by atoms with Gasteiger partial charge < -0.3 is 20.3 Å². The van der Waals surface area contributed by atoms with Crippen LogP contribution in [0.4, 0.5) is 11.6 Å². The Morgan fingerprint density at radius 2 is 1.96 bits per heavy atom. The summed E-state index contributed by atoms with van der Waals surface area (Å²) in [7, 11) is 7.65. The van der Waals surface area contributed by atoms with E-state index >= 15 is 0 Å². The fraction of sp³-hybridized carbons (Fsp3) is 0.300. The van der Waals surface area contributed by atoms with Gasteiger partial charge >= 0.3 is 0 Å². The summed E-state index contributed by atoms with van der Waals surface area (Å²) in [5.41, 5.74) is 3.01. The average molecular weight is 351 g/mol. The van der Waals surface area contributed by atoms with E-state index in [1.165, 1.54) is 0 Å². The van der Waals surface area contributed by atoms with E-state index in [4.69, 9.17) is 4.74 Å². The van der Waals surface area contributed by atoms with Crippen molar-refractivity contribution >= 4 is 22.4 Å². The number of aromatic nitrogens is 2. The molecule has 3 aromatic rings. The highest BCUT2D eigenvalue weighted by molar-refractivity contribution is 5.98. The zero-order chi connectivity index (χ0) is 18.5. The third-order valence-electron chi connectivity index (χ3n) is 4.21. The van der Waals surface area contributed by atoms with Crippen LogP contribution in [0.25, 0.3) is 22.0 Å². The lowest BCUT2D eigenvalue weighted by atomic mass is 10.0. The van der Waals surface area contributed by atoms with Gasteiger partial charge in [0.15, 0.2) is 0 Å². The van der Waals surface area contributed by atoms with Gasteiger partial charge in [-0.1, -0.05) is 6.07 Å². The number of fused-ring (bicyclic) bond motifs is 1. The Balaban J connectivity index is 2.06. The van der Waals surface area contributed by atoms with Crippen molar-refractivity contribution in [2.24, 2.45) is 0 Å². The molecule has 0 aliphatic carbocycles. The lowest BCUT2D eigenvalue weighted by Crippen LogP contribution is -2.20. The first-order valence-electron chi connectivity index (χ1n) is 8.62. The molecule has 0 aliphatic heterocycles. The van der Waals surface area contributed by atoms with Crippen LogP contribution in [0.3, 0.4) is 0 Å². The van der Waals surface area contributed by atoms with Crippen molar-refractivity contribution in [2.75, 3.05) is 52.0 Å². The summed E-state index contributed by atoms with van der Waals surface area (Å²) in [6, 6.07) is 12.3. The lowest BCUT2D eigenvalue weighted by molar-refractivity contribution is 0.415. The van der Waals surface area contributed by atoms with Gasteiger partial charge in [0.2, 0.25) is 5.95 Å². The number of methoxy groups -OCH3 is 1. The summed E-state index contributed by atoms with van der Waals surface area (Å²) in [4.78, 5) is 10.9. The standard InChI is InChI=1S/C20H25N5O/c1-21-20-23-8-7-18(24-20)15-11-14-5-6-16(26-4)13-17(14)19(12-15)22-9-10-25(2)3/h5-8,11-13,22H,9-10H2,1-4H3,(H,21,23,24). The summed E-state index contributed by atoms with van der Waals surface area (Å²) in [6.07, 6.45) is 1.77. The minimum atomic E-state index is 0.611. The van der Waals surface area contributed by atoms with Crippen LogP contribution >= 0.6 is 0 Å². The van der Waals surface area contributed by atoms with E-state index in [1.54, 1.807) is 13.3 Å². The number of nitrogens with one attached hydrogen (secondary N) is 2. The Bertz CT molecular complexity index is 895. The van der Waals surface area contributed by atoms with Crippen LogP contribution in [0.15, 0.2) is 42.6 Å². The first-order valence-corrected chi connectivity index (χ1v) is 8.62. The van der Waals surface area contributed by atoms with Gasteiger partial charge in [-0.25, -0.2) is 9.97 Å². The molecule has 6 heteroatoms. The number of hydrogen-bond acceptors (Lipinski definition) is 6. The SMILES string of the molecule is CNc1nccc(-c2cc(NCCN(C)C)c3cc(OC)ccc3c2)n1. The maximum absolute atomic E-state index is 5.40. The lowest BCUT2D eigenvalue weighted by Gasteiger charge is -2.15. The maximum Gasteiger partial charge on any atom is 0.222 e. The zero-order valence-electron chi connectivity index (χ0n) is 15.7. The van der Waals surface area contributed by atoms with E-state index in [9.17, 15) is 0 Å². The van der Waals surface area contributed by atoms with E-state index in [1.807, 2.05) is 19.2 Å². The van der Waals surface area contributed by atoms with Crippen molar-refractivity contribution in [1.82, 2.24) is 14.9 Å². The quantitative estimate of drug-likeness (QED) is 0.681. The van der Waals surface area contributed by atoms with Crippen LogP contribution in [0.1, 0.15) is 0 Å². The Morgan fingerprint density at radius 1 is 1.12 bits per heavy atom. The Labute approximate surface area is 154 Å². The van der Waals surface area contributed by atoms with Crippen molar-refractivity contribution in [3.63, 3.8) is 0 Å². The predicted octanol–water partition coefficient (Wildman–Crippen LogP) is 3.32. The summed E-state index contributed by atoms with van der Waals surface area (Å²) >= 11 is 0. The molecule has 26 heavy (non-hydrogen) atoms. The predicted molar refractivity (Wildman–Crippen MR) is 108 cm³/mol. The molecule has 136 valence electrons. The van der Waals surface area contributed by atoms with Crippen molar-refractivity contribution in [1.29, 1.82) is 0 Å². The van der Waals surface area contributed by atoms with Crippen LogP contribution in [0.2, 0.25) is 0 Å². The molecule has 2 aromatic carbocycles. The van der Waals surface area contributed by atoms with Gasteiger partial charge in [-0.2, -0.15) is 0 Å². The number of rotatable bonds is 7. The summed E-state index contributed by atoms with van der Waals surface area (Å²) in [5.74, 6) is 1.46. The molecule has 3 rings (SSSR count). The largest absolute Gasteiger partial charge is 0.497 e. The van der Waals surface area contributed by atoms with Gasteiger partial charge in [0.1, 0.15) is 5.75 Å². The Kier molecular flexibility index (Phi) is 5.53. The minimum Gasteiger partial charge on any atom is -0.497 e. The van der Waals surface area contributed by atoms with Crippen molar-refractivity contribution in [3.8, 4) is 17.0 Å². The molecule has 6 nitrogen and oxygen atoms in total. The maximum atomic E-state index is 5.40. The van der Waals surface area contributed by atoms with E-state index in [-0.39, 0.29) is 0 Å². The number of nitrogens with zero attached hydrogens (tertiary/aromatic N) is 3. The highest BCUT2D eigenvalue weighted by atomic mass is 16.5. The normalized spacial score (nSPS) is 11.0. The number of ether oxygens (including phenoxy) is 1. The van der Waals surface area contributed by atoms with Gasteiger partial charge in [0.05, 0.1) is 12.8 Å². The van der Waals surface area contributed by atoms with Crippen LogP contribution in [-0.2, 0) is 0 Å². The Morgan fingerprint density at radius 3 is 2.69 bits per heavy atom. The van der Waals surface area contributed by atoms with E-state index < -0.39 is 0 Å². The van der Waals surface area contributed by atoms with Crippen molar-refractivity contribution < 1.29 is 4.74 Å². The average Bonchev–Trinajstić information content (AvgIpc) is 2.67. The molecule has 0 unspecified atom stereocenters. The van der Waals surface area contributed by atoms with Gasteiger partial charge in [-0.3, -0.25) is 0 Å². The third kappa shape index (κ3) is 4.03. The minimum absolute atomic E-state index is 0.611. The van der Waals surface area contributed by atoms with E-state index in [2.05, 4.69) is 63.9 Å². The highest BCUT2D eigenvalue weighted by Gasteiger charge is 2.09. The number of hydrogen-bond donors (Lipinski definition) is 2. The van der Waals surface area contributed by atoms with Gasteiger partial charge in [-0.15, -0.1) is 0 Å². The first kappa shape index (κ1) is 17.9.